The maximum Gasteiger partial charge on any atom is 0.196 e. The topological polar surface area (TPSA) is 82.9 Å². The molecule has 2 fully saturated rings. The molecule has 106 valence electrons. The van der Waals surface area contributed by atoms with Crippen molar-refractivity contribution < 1.29 is 0 Å². The minimum atomic E-state index is -0.616. The standard InChI is InChI=1S/C13H24N6/c1-18-4-6-19(7-5-18)11-9-13(15,8-10-2-3-10)17-12(14)16-11/h9-10H,2-8,15H2,1H3,(H3,14,16,17). The fraction of sp³-hybridized carbons (Fsp3) is 0.769. The lowest BCUT2D eigenvalue weighted by Crippen LogP contribution is -2.53. The van der Waals surface area contributed by atoms with E-state index < -0.39 is 5.66 Å². The van der Waals surface area contributed by atoms with Gasteiger partial charge in [-0.25, -0.2) is 4.99 Å². The maximum atomic E-state index is 6.39. The van der Waals surface area contributed by atoms with Gasteiger partial charge in [0, 0.05) is 26.2 Å². The van der Waals surface area contributed by atoms with Gasteiger partial charge in [0.05, 0.1) is 0 Å². The first kappa shape index (κ1) is 12.7. The molecule has 0 radical (unpaired) electrons. The molecule has 1 atom stereocenters. The molecule has 1 saturated heterocycles. The van der Waals surface area contributed by atoms with Crippen molar-refractivity contribution in [1.82, 2.24) is 15.1 Å². The van der Waals surface area contributed by atoms with E-state index in [9.17, 15) is 0 Å². The van der Waals surface area contributed by atoms with E-state index >= 15 is 0 Å². The summed E-state index contributed by atoms with van der Waals surface area (Å²) in [4.78, 5) is 9.05. The van der Waals surface area contributed by atoms with Gasteiger partial charge in [-0.1, -0.05) is 12.8 Å². The lowest BCUT2D eigenvalue weighted by Gasteiger charge is -2.38. The van der Waals surface area contributed by atoms with E-state index in [2.05, 4.69) is 33.2 Å². The smallest absolute Gasteiger partial charge is 0.196 e. The summed E-state index contributed by atoms with van der Waals surface area (Å²) >= 11 is 0. The number of nitrogens with one attached hydrogen (secondary N) is 1. The second-order valence-corrected chi connectivity index (χ2v) is 6.08. The zero-order valence-electron chi connectivity index (χ0n) is 11.6. The average molecular weight is 264 g/mol. The first-order valence-corrected chi connectivity index (χ1v) is 7.12. The molecule has 1 unspecified atom stereocenters. The van der Waals surface area contributed by atoms with E-state index in [1.807, 2.05) is 0 Å². The van der Waals surface area contributed by atoms with Crippen molar-refractivity contribution >= 4 is 5.96 Å². The summed E-state index contributed by atoms with van der Waals surface area (Å²) in [5, 5.41) is 3.17. The Bertz CT molecular complexity index is 405. The van der Waals surface area contributed by atoms with E-state index in [0.29, 0.717) is 5.96 Å². The molecule has 6 nitrogen and oxygen atoms in total. The highest BCUT2D eigenvalue weighted by atomic mass is 15.3. The molecule has 5 N–H and O–H groups in total. The van der Waals surface area contributed by atoms with Crippen LogP contribution in [-0.4, -0.2) is 54.6 Å². The Morgan fingerprint density at radius 2 is 2.05 bits per heavy atom. The van der Waals surface area contributed by atoms with Gasteiger partial charge in [0.2, 0.25) is 0 Å². The fourth-order valence-electron chi connectivity index (χ4n) is 2.80. The van der Waals surface area contributed by atoms with E-state index in [-0.39, 0.29) is 0 Å². The highest BCUT2D eigenvalue weighted by molar-refractivity contribution is 5.81. The number of nitrogens with two attached hydrogens (primary N) is 2. The van der Waals surface area contributed by atoms with Crippen LogP contribution in [0.2, 0.25) is 0 Å². The third-order valence-electron chi connectivity index (χ3n) is 4.13. The third kappa shape index (κ3) is 3.01. The number of nitrogens with zero attached hydrogens (tertiary/aromatic N) is 3. The van der Waals surface area contributed by atoms with Crippen LogP contribution in [0, 0.1) is 5.92 Å². The molecule has 1 saturated carbocycles. The van der Waals surface area contributed by atoms with Crippen LogP contribution >= 0.6 is 0 Å². The van der Waals surface area contributed by atoms with Gasteiger partial charge in [-0.05, 0) is 25.5 Å². The van der Waals surface area contributed by atoms with Gasteiger partial charge >= 0.3 is 0 Å². The fourth-order valence-corrected chi connectivity index (χ4v) is 2.80. The molecule has 0 bridgehead atoms. The zero-order chi connectivity index (χ0) is 13.5. The first-order chi connectivity index (χ1) is 9.04. The third-order valence-corrected chi connectivity index (χ3v) is 4.13. The molecule has 3 rings (SSSR count). The Balaban J connectivity index is 1.73. The predicted octanol–water partition coefficient (Wildman–Crippen LogP) is -0.552. The van der Waals surface area contributed by atoms with Crippen LogP contribution < -0.4 is 16.8 Å². The van der Waals surface area contributed by atoms with Gasteiger partial charge < -0.3 is 26.6 Å². The largest absolute Gasteiger partial charge is 0.370 e. The maximum absolute atomic E-state index is 6.39. The number of rotatable bonds is 3. The van der Waals surface area contributed by atoms with Crippen molar-refractivity contribution in [3.8, 4) is 0 Å². The van der Waals surface area contributed by atoms with E-state index in [4.69, 9.17) is 11.5 Å². The van der Waals surface area contributed by atoms with Gasteiger partial charge in [-0.15, -0.1) is 0 Å². The summed E-state index contributed by atoms with van der Waals surface area (Å²) in [7, 11) is 2.15. The van der Waals surface area contributed by atoms with Gasteiger partial charge in [-0.2, -0.15) is 0 Å². The number of hydrogen-bond donors (Lipinski definition) is 3. The molecule has 0 amide bonds. The average Bonchev–Trinajstić information content (AvgIpc) is 3.11. The minimum absolute atomic E-state index is 0.444. The highest BCUT2D eigenvalue weighted by Gasteiger charge is 2.35. The number of aliphatic imine (C=N–C) groups is 1. The second kappa shape index (κ2) is 4.68. The SMILES string of the molecule is CN1CCN(C2=CC(N)(CC3CC3)N=C(N)N2)CC1. The molecule has 0 spiro atoms. The van der Waals surface area contributed by atoms with Crippen molar-refractivity contribution in [2.24, 2.45) is 22.4 Å². The van der Waals surface area contributed by atoms with Crippen molar-refractivity contribution in [2.75, 3.05) is 33.2 Å². The summed E-state index contributed by atoms with van der Waals surface area (Å²) in [6.07, 6.45) is 5.53. The molecule has 0 aromatic carbocycles. The van der Waals surface area contributed by atoms with E-state index in [1.165, 1.54) is 12.8 Å². The minimum Gasteiger partial charge on any atom is -0.370 e. The Hall–Kier alpha value is -1.27. The molecule has 0 aromatic rings. The molecule has 1 aliphatic carbocycles. The Morgan fingerprint density at radius 1 is 1.37 bits per heavy atom. The predicted molar refractivity (Wildman–Crippen MR) is 76.2 cm³/mol. The molecular formula is C13H24N6. The van der Waals surface area contributed by atoms with Crippen LogP contribution in [-0.2, 0) is 0 Å². The van der Waals surface area contributed by atoms with Crippen molar-refractivity contribution in [3.05, 3.63) is 11.9 Å². The van der Waals surface area contributed by atoms with Crippen molar-refractivity contribution in [1.29, 1.82) is 0 Å². The van der Waals surface area contributed by atoms with Gasteiger partial charge in [0.15, 0.2) is 5.96 Å². The Morgan fingerprint density at radius 3 is 2.68 bits per heavy atom. The summed E-state index contributed by atoms with van der Waals surface area (Å²) < 4.78 is 0. The van der Waals surface area contributed by atoms with Crippen LogP contribution in [0.25, 0.3) is 0 Å². The Labute approximate surface area is 114 Å². The van der Waals surface area contributed by atoms with E-state index in [0.717, 1.165) is 44.3 Å². The summed E-state index contributed by atoms with van der Waals surface area (Å²) in [6, 6.07) is 0. The molecule has 3 aliphatic rings. The summed E-state index contributed by atoms with van der Waals surface area (Å²) in [6.45, 7) is 4.14. The summed E-state index contributed by atoms with van der Waals surface area (Å²) in [5.74, 6) is 2.20. The van der Waals surface area contributed by atoms with Crippen LogP contribution in [0.3, 0.4) is 0 Å². The van der Waals surface area contributed by atoms with Crippen LogP contribution in [0.4, 0.5) is 0 Å². The number of guanidine groups is 1. The molecule has 0 aromatic heterocycles. The van der Waals surface area contributed by atoms with Gasteiger partial charge in [-0.3, -0.25) is 0 Å². The summed E-state index contributed by atoms with van der Waals surface area (Å²) in [5.41, 5.74) is 11.7. The lowest BCUT2D eigenvalue weighted by atomic mass is 10.0. The van der Waals surface area contributed by atoms with Crippen LogP contribution in [0.15, 0.2) is 16.9 Å². The van der Waals surface area contributed by atoms with Crippen LogP contribution in [0.1, 0.15) is 19.3 Å². The van der Waals surface area contributed by atoms with Crippen molar-refractivity contribution in [3.63, 3.8) is 0 Å². The van der Waals surface area contributed by atoms with Crippen LogP contribution in [0.5, 0.6) is 0 Å². The number of hydrogen-bond acceptors (Lipinski definition) is 6. The zero-order valence-corrected chi connectivity index (χ0v) is 11.6. The first-order valence-electron chi connectivity index (χ1n) is 7.12. The van der Waals surface area contributed by atoms with Gasteiger partial charge in [0.25, 0.3) is 0 Å². The molecule has 6 heteroatoms. The number of piperazine rings is 1. The van der Waals surface area contributed by atoms with Gasteiger partial charge in [0.1, 0.15) is 11.5 Å². The quantitative estimate of drug-likeness (QED) is 0.637. The second-order valence-electron chi connectivity index (χ2n) is 6.08. The Kier molecular flexibility index (Phi) is 3.14. The molecule has 19 heavy (non-hydrogen) atoms. The highest BCUT2D eigenvalue weighted by Crippen LogP contribution is 2.37. The van der Waals surface area contributed by atoms with Crippen molar-refractivity contribution in [2.45, 2.75) is 24.9 Å². The normalized spacial score (nSPS) is 32.6. The monoisotopic (exact) mass is 264 g/mol. The lowest BCUT2D eigenvalue weighted by molar-refractivity contribution is 0.179. The number of likely N-dealkylation sites (N-methyl/N-ethyl adjacent to an activating group) is 1. The molecule has 2 heterocycles. The van der Waals surface area contributed by atoms with E-state index in [1.54, 1.807) is 0 Å². The molecular weight excluding hydrogens is 240 g/mol. The molecule has 2 aliphatic heterocycles.